The molecule has 2 aromatic heterocycles. The van der Waals surface area contributed by atoms with E-state index in [1.165, 1.54) is 25.7 Å². The summed E-state index contributed by atoms with van der Waals surface area (Å²) in [5, 5.41) is 3.52. The highest BCUT2D eigenvalue weighted by Gasteiger charge is 2.22. The molecule has 2 aliphatic rings. The van der Waals surface area contributed by atoms with E-state index >= 15 is 0 Å². The lowest BCUT2D eigenvalue weighted by Gasteiger charge is -2.25. The molecule has 0 amide bonds. The van der Waals surface area contributed by atoms with Crippen molar-refractivity contribution in [1.29, 1.82) is 0 Å². The Bertz CT molecular complexity index is 642. The van der Waals surface area contributed by atoms with E-state index in [0.717, 1.165) is 56.1 Å². The van der Waals surface area contributed by atoms with Crippen LogP contribution in [-0.2, 0) is 17.7 Å². The average Bonchev–Trinajstić information content (AvgIpc) is 2.94. The first kappa shape index (κ1) is 15.1. The summed E-state index contributed by atoms with van der Waals surface area (Å²) in [4.78, 5) is 9.47. The topological polar surface area (TPSA) is 52.0 Å². The molecule has 2 fully saturated rings. The number of imidazole rings is 1. The highest BCUT2D eigenvalue weighted by Crippen LogP contribution is 2.22. The molecule has 5 heteroatoms. The van der Waals surface area contributed by atoms with Gasteiger partial charge in [-0.2, -0.15) is 0 Å². The Balaban J connectivity index is 1.60. The zero-order valence-electron chi connectivity index (χ0n) is 13.7. The molecule has 2 saturated heterocycles. The molecule has 124 valence electrons. The Morgan fingerprint density at radius 2 is 2.26 bits per heavy atom. The maximum absolute atomic E-state index is 5.94. The van der Waals surface area contributed by atoms with Crippen LogP contribution in [0.25, 0.3) is 11.2 Å². The molecule has 1 N–H and O–H groups in total. The van der Waals surface area contributed by atoms with E-state index < -0.39 is 0 Å². The van der Waals surface area contributed by atoms with E-state index in [4.69, 9.17) is 9.72 Å². The van der Waals surface area contributed by atoms with Gasteiger partial charge in [-0.3, -0.25) is 0 Å². The lowest BCUT2D eigenvalue weighted by molar-refractivity contribution is 0.0151. The molecule has 0 aliphatic carbocycles. The second-order valence-electron chi connectivity index (χ2n) is 6.89. The third-order valence-electron chi connectivity index (χ3n) is 5.11. The summed E-state index contributed by atoms with van der Waals surface area (Å²) in [6, 6.07) is 4.05. The molecule has 4 heterocycles. The van der Waals surface area contributed by atoms with Gasteiger partial charge in [0.1, 0.15) is 11.3 Å². The quantitative estimate of drug-likeness (QED) is 0.942. The lowest BCUT2D eigenvalue weighted by Crippen LogP contribution is -2.33. The number of aromatic nitrogens is 3. The first-order valence-corrected chi connectivity index (χ1v) is 9.02. The number of rotatable bonds is 4. The minimum atomic E-state index is 0.323. The van der Waals surface area contributed by atoms with Gasteiger partial charge in [0, 0.05) is 25.8 Å². The van der Waals surface area contributed by atoms with Gasteiger partial charge in [-0.05, 0) is 63.2 Å². The molecule has 5 nitrogen and oxygen atoms in total. The van der Waals surface area contributed by atoms with Crippen molar-refractivity contribution in [2.45, 2.75) is 51.2 Å². The predicted octanol–water partition coefficient (Wildman–Crippen LogP) is 2.54. The number of ether oxygens (including phenoxy) is 1. The minimum Gasteiger partial charge on any atom is -0.378 e. The van der Waals surface area contributed by atoms with Gasteiger partial charge < -0.3 is 14.6 Å². The van der Waals surface area contributed by atoms with E-state index in [1.54, 1.807) is 0 Å². The smallest absolute Gasteiger partial charge is 0.159 e. The number of piperidine rings is 1. The first-order valence-electron chi connectivity index (χ1n) is 9.02. The van der Waals surface area contributed by atoms with Gasteiger partial charge >= 0.3 is 0 Å². The van der Waals surface area contributed by atoms with Crippen molar-refractivity contribution >= 4 is 11.2 Å². The van der Waals surface area contributed by atoms with Crippen molar-refractivity contribution in [3.05, 3.63) is 24.2 Å². The van der Waals surface area contributed by atoms with Gasteiger partial charge in [0.05, 0.1) is 6.10 Å². The Labute approximate surface area is 137 Å². The molecule has 23 heavy (non-hydrogen) atoms. The molecule has 2 aromatic rings. The second-order valence-corrected chi connectivity index (χ2v) is 6.89. The largest absolute Gasteiger partial charge is 0.378 e. The van der Waals surface area contributed by atoms with E-state index in [2.05, 4.69) is 20.9 Å². The van der Waals surface area contributed by atoms with Crippen LogP contribution >= 0.6 is 0 Å². The number of pyridine rings is 1. The fraction of sp³-hybridized carbons (Fsp3) is 0.667. The molecule has 0 aromatic carbocycles. The summed E-state index contributed by atoms with van der Waals surface area (Å²) in [5.74, 6) is 1.82. The number of nitrogens with one attached hydrogen (secondary N) is 1. The van der Waals surface area contributed by atoms with Crippen LogP contribution in [0.2, 0.25) is 0 Å². The summed E-state index contributed by atoms with van der Waals surface area (Å²) in [7, 11) is 0. The van der Waals surface area contributed by atoms with Crippen molar-refractivity contribution in [3.8, 4) is 0 Å². The molecular weight excluding hydrogens is 288 g/mol. The number of nitrogens with zero attached hydrogens (tertiary/aromatic N) is 3. The van der Waals surface area contributed by atoms with Crippen molar-refractivity contribution in [1.82, 2.24) is 19.9 Å². The van der Waals surface area contributed by atoms with Crippen LogP contribution in [0.15, 0.2) is 18.3 Å². The van der Waals surface area contributed by atoms with Gasteiger partial charge in [0.2, 0.25) is 0 Å². The van der Waals surface area contributed by atoms with Crippen molar-refractivity contribution in [3.63, 3.8) is 0 Å². The Morgan fingerprint density at radius 3 is 3.09 bits per heavy atom. The summed E-state index contributed by atoms with van der Waals surface area (Å²) in [6.45, 7) is 4.17. The van der Waals surface area contributed by atoms with E-state index in [9.17, 15) is 0 Å². The van der Waals surface area contributed by atoms with Crippen LogP contribution in [0.5, 0.6) is 0 Å². The van der Waals surface area contributed by atoms with Crippen LogP contribution in [0, 0.1) is 5.92 Å². The maximum Gasteiger partial charge on any atom is 0.159 e. The summed E-state index contributed by atoms with van der Waals surface area (Å²) in [6.07, 6.45) is 9.30. The Morgan fingerprint density at radius 1 is 1.26 bits per heavy atom. The first-order chi connectivity index (χ1) is 11.4. The maximum atomic E-state index is 5.94. The van der Waals surface area contributed by atoms with Crippen molar-refractivity contribution in [2.24, 2.45) is 5.92 Å². The van der Waals surface area contributed by atoms with E-state index in [1.807, 2.05) is 12.3 Å². The molecule has 4 rings (SSSR count). The van der Waals surface area contributed by atoms with E-state index in [-0.39, 0.29) is 0 Å². The third-order valence-corrected chi connectivity index (χ3v) is 5.11. The van der Waals surface area contributed by atoms with Crippen molar-refractivity contribution < 1.29 is 4.74 Å². The number of hydrogen-bond acceptors (Lipinski definition) is 4. The Hall–Kier alpha value is -1.46. The summed E-state index contributed by atoms with van der Waals surface area (Å²) in [5.41, 5.74) is 2.05. The highest BCUT2D eigenvalue weighted by molar-refractivity contribution is 5.71. The SMILES string of the molecule is c1cnc2c(c1)nc(CC1CCCCO1)n2CC1CCCNC1. The van der Waals surface area contributed by atoms with Crippen LogP contribution in [0.4, 0.5) is 0 Å². The highest BCUT2D eigenvalue weighted by atomic mass is 16.5. The van der Waals surface area contributed by atoms with Gasteiger partial charge in [-0.25, -0.2) is 9.97 Å². The molecule has 2 atom stereocenters. The second kappa shape index (κ2) is 6.97. The monoisotopic (exact) mass is 314 g/mol. The molecule has 0 saturated carbocycles. The van der Waals surface area contributed by atoms with E-state index in [0.29, 0.717) is 12.0 Å². The summed E-state index contributed by atoms with van der Waals surface area (Å²) < 4.78 is 8.29. The normalized spacial score (nSPS) is 25.7. The zero-order chi connectivity index (χ0) is 15.5. The van der Waals surface area contributed by atoms with Crippen LogP contribution < -0.4 is 5.32 Å². The fourth-order valence-corrected chi connectivity index (χ4v) is 3.86. The minimum absolute atomic E-state index is 0.323. The lowest BCUT2D eigenvalue weighted by atomic mass is 9.99. The fourth-order valence-electron chi connectivity index (χ4n) is 3.86. The number of hydrogen-bond donors (Lipinski definition) is 1. The third kappa shape index (κ3) is 3.40. The predicted molar refractivity (Wildman–Crippen MR) is 90.4 cm³/mol. The molecule has 0 bridgehead atoms. The molecule has 0 radical (unpaired) electrons. The average molecular weight is 314 g/mol. The molecule has 2 aliphatic heterocycles. The molecule has 0 spiro atoms. The van der Waals surface area contributed by atoms with Crippen LogP contribution in [0.3, 0.4) is 0 Å². The molecule has 2 unspecified atom stereocenters. The standard InChI is InChI=1S/C18H26N4O/c1-2-10-23-15(6-1)11-17-21-16-7-4-9-20-18(16)22(17)13-14-5-3-8-19-12-14/h4,7,9,14-15,19H,1-3,5-6,8,10-13H2. The number of fused-ring (bicyclic) bond motifs is 1. The van der Waals surface area contributed by atoms with Gasteiger partial charge in [-0.1, -0.05) is 0 Å². The van der Waals surface area contributed by atoms with Crippen molar-refractivity contribution in [2.75, 3.05) is 19.7 Å². The van der Waals surface area contributed by atoms with Crippen LogP contribution in [0.1, 0.15) is 37.9 Å². The molecular formula is C18H26N4O. The van der Waals surface area contributed by atoms with Gasteiger partial charge in [0.15, 0.2) is 5.65 Å². The summed E-state index contributed by atoms with van der Waals surface area (Å²) >= 11 is 0. The van der Waals surface area contributed by atoms with Gasteiger partial charge in [0.25, 0.3) is 0 Å². The van der Waals surface area contributed by atoms with Gasteiger partial charge in [-0.15, -0.1) is 0 Å². The Kier molecular flexibility index (Phi) is 4.57. The zero-order valence-corrected chi connectivity index (χ0v) is 13.7. The van der Waals surface area contributed by atoms with Crippen LogP contribution in [-0.4, -0.2) is 40.3 Å².